The lowest BCUT2D eigenvalue weighted by Crippen LogP contribution is -2.36. The van der Waals surface area contributed by atoms with Crippen LogP contribution in [0.4, 0.5) is 5.69 Å². The van der Waals surface area contributed by atoms with Crippen molar-refractivity contribution in [1.29, 1.82) is 0 Å². The number of rotatable bonds is 8. The molecule has 27 heavy (non-hydrogen) atoms. The minimum Gasteiger partial charge on any atom is -0.497 e. The molecular formula is C17H18N2O7S. The predicted octanol–water partition coefficient (Wildman–Crippen LogP) is 1.97. The van der Waals surface area contributed by atoms with Crippen molar-refractivity contribution < 1.29 is 27.6 Å². The smallest absolute Gasteiger partial charge is 0.321 e. The largest absolute Gasteiger partial charge is 0.497 e. The molecule has 2 aromatic rings. The monoisotopic (exact) mass is 394 g/mol. The van der Waals surface area contributed by atoms with Crippen LogP contribution in [-0.2, 0) is 26.1 Å². The molecule has 0 bridgehead atoms. The molecule has 10 heteroatoms. The van der Waals surface area contributed by atoms with E-state index in [1.165, 1.54) is 49.6 Å². The van der Waals surface area contributed by atoms with Gasteiger partial charge < -0.3 is 9.47 Å². The molecule has 0 fully saturated rings. The summed E-state index contributed by atoms with van der Waals surface area (Å²) in [6.45, 7) is -0.947. The van der Waals surface area contributed by atoms with Crippen LogP contribution >= 0.6 is 0 Å². The van der Waals surface area contributed by atoms with Crippen LogP contribution in [0.15, 0.2) is 53.4 Å². The maximum atomic E-state index is 13.0. The van der Waals surface area contributed by atoms with Gasteiger partial charge in [-0.05, 0) is 24.3 Å². The van der Waals surface area contributed by atoms with Gasteiger partial charge >= 0.3 is 5.97 Å². The zero-order chi connectivity index (χ0) is 20.0. The van der Waals surface area contributed by atoms with E-state index in [9.17, 15) is 23.3 Å². The highest BCUT2D eigenvalue weighted by Gasteiger charge is 2.29. The molecule has 144 valence electrons. The molecule has 0 aliphatic carbocycles. The van der Waals surface area contributed by atoms with E-state index in [4.69, 9.17) is 4.74 Å². The Labute approximate surface area is 156 Å². The van der Waals surface area contributed by atoms with Crippen molar-refractivity contribution in [2.75, 3.05) is 20.8 Å². The number of benzene rings is 2. The first-order valence-electron chi connectivity index (χ1n) is 7.73. The minimum absolute atomic E-state index is 0.0780. The molecular weight excluding hydrogens is 376 g/mol. The Kier molecular flexibility index (Phi) is 6.48. The fraction of sp³-hybridized carbons (Fsp3) is 0.235. The minimum atomic E-state index is -4.12. The van der Waals surface area contributed by atoms with E-state index in [0.717, 1.165) is 11.4 Å². The summed E-state index contributed by atoms with van der Waals surface area (Å²) in [6, 6.07) is 11.3. The molecule has 0 amide bonds. The van der Waals surface area contributed by atoms with Gasteiger partial charge in [-0.15, -0.1) is 0 Å². The second-order valence-corrected chi connectivity index (χ2v) is 7.35. The molecule has 0 atom stereocenters. The van der Waals surface area contributed by atoms with Gasteiger partial charge in [0, 0.05) is 18.2 Å². The van der Waals surface area contributed by atoms with Gasteiger partial charge in [-0.3, -0.25) is 14.9 Å². The molecule has 0 N–H and O–H groups in total. The number of carbonyl (C=O) groups excluding carboxylic acids is 1. The Balaban J connectivity index is 2.44. The van der Waals surface area contributed by atoms with Crippen molar-refractivity contribution >= 4 is 21.7 Å². The average molecular weight is 394 g/mol. The Morgan fingerprint density at radius 3 is 2.30 bits per heavy atom. The number of carbonyl (C=O) groups is 1. The van der Waals surface area contributed by atoms with Crippen molar-refractivity contribution in [3.8, 4) is 5.75 Å². The number of nitrogens with zero attached hydrogens (tertiary/aromatic N) is 2. The fourth-order valence-corrected chi connectivity index (χ4v) is 3.71. The van der Waals surface area contributed by atoms with Crippen LogP contribution in [0.2, 0.25) is 0 Å². The fourth-order valence-electron chi connectivity index (χ4n) is 2.34. The second-order valence-electron chi connectivity index (χ2n) is 5.41. The lowest BCUT2D eigenvalue weighted by Gasteiger charge is -2.21. The molecule has 0 heterocycles. The van der Waals surface area contributed by atoms with E-state index in [-0.39, 0.29) is 22.7 Å². The molecule has 0 saturated carbocycles. The number of hydrogen-bond acceptors (Lipinski definition) is 7. The van der Waals surface area contributed by atoms with Crippen LogP contribution in [0, 0.1) is 10.1 Å². The summed E-state index contributed by atoms with van der Waals surface area (Å²) in [5, 5.41) is 11.2. The first kappa shape index (κ1) is 20.3. The molecule has 0 aliphatic heterocycles. The number of nitro groups is 1. The molecule has 2 rings (SSSR count). The van der Waals surface area contributed by atoms with Crippen LogP contribution in [0.1, 0.15) is 5.56 Å². The van der Waals surface area contributed by atoms with Gasteiger partial charge in [0.15, 0.2) is 0 Å². The number of nitro benzene ring substituents is 1. The Morgan fingerprint density at radius 2 is 1.74 bits per heavy atom. The summed E-state index contributed by atoms with van der Waals surface area (Å²) in [4.78, 5) is 22.2. The summed E-state index contributed by atoms with van der Waals surface area (Å²) in [6.07, 6.45) is 0. The third kappa shape index (κ3) is 4.80. The SMILES string of the molecule is COC(=O)CN(Cc1ccccc1[N+](=O)[O-])S(=O)(=O)c1ccc(OC)cc1. The van der Waals surface area contributed by atoms with Crippen molar-refractivity contribution in [2.24, 2.45) is 0 Å². The highest BCUT2D eigenvalue weighted by molar-refractivity contribution is 7.89. The third-order valence-electron chi connectivity index (χ3n) is 3.77. The summed E-state index contributed by atoms with van der Waals surface area (Å²) in [5.74, 6) is -0.321. The van der Waals surface area contributed by atoms with Gasteiger partial charge in [0.05, 0.1) is 24.0 Å². The highest BCUT2D eigenvalue weighted by Crippen LogP contribution is 2.25. The lowest BCUT2D eigenvalue weighted by atomic mass is 10.2. The number of para-hydroxylation sites is 1. The van der Waals surface area contributed by atoms with Crippen LogP contribution in [0.5, 0.6) is 5.75 Å². The predicted molar refractivity (Wildman–Crippen MR) is 95.7 cm³/mol. The number of ether oxygens (including phenoxy) is 2. The molecule has 0 aromatic heterocycles. The summed E-state index contributed by atoms with van der Waals surface area (Å²) < 4.78 is 36.4. The summed E-state index contributed by atoms with van der Waals surface area (Å²) >= 11 is 0. The molecule has 0 aliphatic rings. The van der Waals surface area contributed by atoms with Crippen molar-refractivity contribution in [3.05, 3.63) is 64.2 Å². The van der Waals surface area contributed by atoms with Crippen molar-refractivity contribution in [3.63, 3.8) is 0 Å². The van der Waals surface area contributed by atoms with Gasteiger partial charge in [0.25, 0.3) is 5.69 Å². The van der Waals surface area contributed by atoms with Crippen LogP contribution in [-0.4, -0.2) is 44.4 Å². The zero-order valence-electron chi connectivity index (χ0n) is 14.7. The molecule has 9 nitrogen and oxygen atoms in total. The van der Waals surface area contributed by atoms with Crippen LogP contribution in [0.3, 0.4) is 0 Å². The molecule has 0 spiro atoms. The van der Waals surface area contributed by atoms with E-state index in [1.807, 2.05) is 0 Å². The van der Waals surface area contributed by atoms with E-state index >= 15 is 0 Å². The third-order valence-corrected chi connectivity index (χ3v) is 5.57. The summed E-state index contributed by atoms with van der Waals surface area (Å²) in [7, 11) is -1.54. The van der Waals surface area contributed by atoms with Crippen LogP contribution < -0.4 is 4.74 Å². The number of sulfonamides is 1. The van der Waals surface area contributed by atoms with Crippen molar-refractivity contribution in [1.82, 2.24) is 4.31 Å². The quantitative estimate of drug-likeness (QED) is 0.382. The van der Waals surface area contributed by atoms with E-state index in [2.05, 4.69) is 4.74 Å². The Hall–Kier alpha value is -2.98. The average Bonchev–Trinajstić information content (AvgIpc) is 2.67. The molecule has 0 unspecified atom stereocenters. The molecule has 0 radical (unpaired) electrons. The van der Waals surface area contributed by atoms with Gasteiger partial charge in [0.2, 0.25) is 10.0 Å². The topological polar surface area (TPSA) is 116 Å². The number of esters is 1. The van der Waals surface area contributed by atoms with E-state index in [0.29, 0.717) is 5.75 Å². The standard InChI is InChI=1S/C17H18N2O7S/c1-25-14-7-9-15(10-8-14)27(23,24)18(12-17(20)26-2)11-13-5-3-4-6-16(13)19(21)22/h3-10H,11-12H2,1-2H3. The molecule has 2 aromatic carbocycles. The van der Waals surface area contributed by atoms with Gasteiger partial charge in [0.1, 0.15) is 12.3 Å². The number of methoxy groups -OCH3 is 2. The van der Waals surface area contributed by atoms with Gasteiger partial charge in [-0.1, -0.05) is 18.2 Å². The second kappa shape index (κ2) is 8.60. The Bertz CT molecular complexity index is 927. The Morgan fingerprint density at radius 1 is 1.11 bits per heavy atom. The lowest BCUT2D eigenvalue weighted by molar-refractivity contribution is -0.385. The summed E-state index contributed by atoms with van der Waals surface area (Å²) in [5.41, 5.74) is -0.0826. The zero-order valence-corrected chi connectivity index (χ0v) is 15.5. The van der Waals surface area contributed by atoms with Crippen LogP contribution in [0.25, 0.3) is 0 Å². The van der Waals surface area contributed by atoms with E-state index in [1.54, 1.807) is 6.07 Å². The maximum Gasteiger partial charge on any atom is 0.321 e. The maximum absolute atomic E-state index is 13.0. The van der Waals surface area contributed by atoms with Gasteiger partial charge in [-0.25, -0.2) is 8.42 Å². The van der Waals surface area contributed by atoms with E-state index < -0.39 is 27.5 Å². The molecule has 0 saturated heterocycles. The number of hydrogen-bond donors (Lipinski definition) is 0. The first-order chi connectivity index (χ1) is 12.8. The first-order valence-corrected chi connectivity index (χ1v) is 9.17. The van der Waals surface area contributed by atoms with Crippen molar-refractivity contribution in [2.45, 2.75) is 11.4 Å². The highest BCUT2D eigenvalue weighted by atomic mass is 32.2. The van der Waals surface area contributed by atoms with Gasteiger partial charge in [-0.2, -0.15) is 4.31 Å². The normalized spacial score (nSPS) is 11.2.